The van der Waals surface area contributed by atoms with Gasteiger partial charge in [-0.15, -0.1) is 0 Å². The summed E-state index contributed by atoms with van der Waals surface area (Å²) in [5.74, 6) is 1.38. The Morgan fingerprint density at radius 2 is 1.57 bits per heavy atom. The molecule has 2 aromatic carbocycles. The first-order valence-electron chi connectivity index (χ1n) is 6.64. The highest BCUT2D eigenvalue weighted by Crippen LogP contribution is 2.35. The molecule has 1 N–H and O–H groups in total. The number of aliphatic hydroxyl groups excluding tert-OH is 1. The molecule has 0 radical (unpaired) electrons. The zero-order valence-corrected chi connectivity index (χ0v) is 13.4. The van der Waals surface area contributed by atoms with Gasteiger partial charge in [-0.05, 0) is 54.8 Å². The molecule has 112 valence electrons. The van der Waals surface area contributed by atoms with Crippen LogP contribution in [-0.2, 0) is 0 Å². The molecule has 0 aliphatic rings. The average Bonchev–Trinajstić information content (AvgIpc) is 2.48. The molecule has 0 saturated carbocycles. The van der Waals surface area contributed by atoms with Crippen LogP contribution in [-0.4, -0.2) is 19.3 Å². The van der Waals surface area contributed by atoms with Crippen molar-refractivity contribution in [2.75, 3.05) is 14.2 Å². The molecule has 0 aromatic heterocycles. The van der Waals surface area contributed by atoms with Gasteiger partial charge in [-0.3, -0.25) is 0 Å². The van der Waals surface area contributed by atoms with Gasteiger partial charge in [-0.25, -0.2) is 0 Å². The zero-order valence-electron chi connectivity index (χ0n) is 12.6. The summed E-state index contributed by atoms with van der Waals surface area (Å²) in [7, 11) is 3.20. The van der Waals surface area contributed by atoms with Crippen molar-refractivity contribution < 1.29 is 14.6 Å². The van der Waals surface area contributed by atoms with Crippen LogP contribution in [0.2, 0.25) is 5.02 Å². The second-order valence-corrected chi connectivity index (χ2v) is 5.40. The maximum absolute atomic E-state index is 10.7. The van der Waals surface area contributed by atoms with Crippen molar-refractivity contribution in [2.24, 2.45) is 0 Å². The fraction of sp³-hybridized carbons (Fsp3) is 0.294. The molecule has 0 saturated heterocycles. The van der Waals surface area contributed by atoms with Crippen LogP contribution < -0.4 is 9.47 Å². The van der Waals surface area contributed by atoms with E-state index in [1.807, 2.05) is 26.0 Å². The van der Waals surface area contributed by atoms with Crippen LogP contribution in [0.25, 0.3) is 0 Å². The lowest BCUT2D eigenvalue weighted by atomic mass is 9.95. The van der Waals surface area contributed by atoms with Gasteiger partial charge in [-0.1, -0.05) is 17.7 Å². The summed E-state index contributed by atoms with van der Waals surface area (Å²) < 4.78 is 10.6. The lowest BCUT2D eigenvalue weighted by Gasteiger charge is -2.19. The second kappa shape index (κ2) is 6.37. The van der Waals surface area contributed by atoms with Crippen LogP contribution in [0.4, 0.5) is 0 Å². The van der Waals surface area contributed by atoms with E-state index in [4.69, 9.17) is 21.1 Å². The Balaban J connectivity index is 2.50. The van der Waals surface area contributed by atoms with Crippen molar-refractivity contribution in [3.8, 4) is 11.5 Å². The topological polar surface area (TPSA) is 38.7 Å². The molecule has 2 aromatic rings. The number of halogens is 1. The Morgan fingerprint density at radius 3 is 2.19 bits per heavy atom. The van der Waals surface area contributed by atoms with Gasteiger partial charge in [-0.2, -0.15) is 0 Å². The Morgan fingerprint density at radius 1 is 0.905 bits per heavy atom. The smallest absolute Gasteiger partial charge is 0.126 e. The van der Waals surface area contributed by atoms with Crippen molar-refractivity contribution >= 4 is 11.6 Å². The predicted molar refractivity (Wildman–Crippen MR) is 84.5 cm³/mol. The van der Waals surface area contributed by atoms with Crippen molar-refractivity contribution in [1.82, 2.24) is 0 Å². The number of aliphatic hydroxyl groups is 1. The summed E-state index contributed by atoms with van der Waals surface area (Å²) in [4.78, 5) is 0. The van der Waals surface area contributed by atoms with Gasteiger partial charge in [0.25, 0.3) is 0 Å². The number of hydrogen-bond donors (Lipinski definition) is 1. The molecule has 1 atom stereocenters. The van der Waals surface area contributed by atoms with Crippen LogP contribution >= 0.6 is 11.6 Å². The van der Waals surface area contributed by atoms with E-state index in [2.05, 4.69) is 0 Å². The molecule has 1 unspecified atom stereocenters. The highest BCUT2D eigenvalue weighted by atomic mass is 35.5. The molecule has 2 rings (SSSR count). The summed E-state index contributed by atoms with van der Waals surface area (Å²) in [6.07, 6.45) is -0.776. The molecular formula is C17H19ClO3. The Bertz CT molecular complexity index is 653. The maximum atomic E-state index is 10.7. The van der Waals surface area contributed by atoms with Crippen LogP contribution in [0.5, 0.6) is 11.5 Å². The number of aryl methyl sites for hydroxylation is 2. The van der Waals surface area contributed by atoms with Crippen molar-refractivity contribution in [3.63, 3.8) is 0 Å². The highest BCUT2D eigenvalue weighted by Gasteiger charge is 2.19. The van der Waals surface area contributed by atoms with Gasteiger partial charge in [0.15, 0.2) is 0 Å². The predicted octanol–water partition coefficient (Wildman–Crippen LogP) is 4.06. The number of ether oxygens (including phenoxy) is 2. The Labute approximate surface area is 130 Å². The van der Waals surface area contributed by atoms with Gasteiger partial charge in [0.05, 0.1) is 14.2 Å². The molecule has 3 nitrogen and oxygen atoms in total. The molecule has 4 heteroatoms. The molecular weight excluding hydrogens is 288 g/mol. The minimum absolute atomic E-state index is 0.572. The third-order valence-corrected chi connectivity index (χ3v) is 3.80. The summed E-state index contributed by atoms with van der Waals surface area (Å²) in [5.41, 5.74) is 3.45. The van der Waals surface area contributed by atoms with Crippen LogP contribution in [0.15, 0.2) is 30.3 Å². The van der Waals surface area contributed by atoms with Gasteiger partial charge in [0.1, 0.15) is 17.6 Å². The van der Waals surface area contributed by atoms with Crippen molar-refractivity contribution in [2.45, 2.75) is 20.0 Å². The van der Waals surface area contributed by atoms with Crippen LogP contribution in [0, 0.1) is 13.8 Å². The largest absolute Gasteiger partial charge is 0.496 e. The first-order valence-corrected chi connectivity index (χ1v) is 7.02. The van der Waals surface area contributed by atoms with E-state index in [-0.39, 0.29) is 0 Å². The summed E-state index contributed by atoms with van der Waals surface area (Å²) in [5, 5.41) is 11.3. The molecule has 0 aliphatic heterocycles. The van der Waals surface area contributed by atoms with Crippen LogP contribution in [0.3, 0.4) is 0 Å². The molecule has 0 aliphatic carbocycles. The van der Waals surface area contributed by atoms with Crippen molar-refractivity contribution in [3.05, 3.63) is 57.6 Å². The molecule has 0 heterocycles. The molecule has 0 fully saturated rings. The fourth-order valence-corrected chi connectivity index (χ4v) is 2.57. The van der Waals surface area contributed by atoms with E-state index in [0.717, 1.165) is 22.4 Å². The standard InChI is InChI=1S/C17H19ClO3/c1-10-8-15(20-3)11(2)7-14(10)17(19)13-6-5-12(18)9-16(13)21-4/h5-9,17,19H,1-4H3. The minimum Gasteiger partial charge on any atom is -0.496 e. The van der Waals surface area contributed by atoms with E-state index >= 15 is 0 Å². The summed E-state index contributed by atoms with van der Waals surface area (Å²) in [6, 6.07) is 9.09. The SMILES string of the molecule is COc1cc(C)c(C(O)c2ccc(Cl)cc2OC)cc1C. The third-order valence-electron chi connectivity index (χ3n) is 3.57. The quantitative estimate of drug-likeness (QED) is 0.926. The number of methoxy groups -OCH3 is 2. The molecule has 0 bridgehead atoms. The normalized spacial score (nSPS) is 12.1. The van der Waals surface area contributed by atoms with E-state index in [9.17, 15) is 5.11 Å². The van der Waals surface area contributed by atoms with E-state index in [1.165, 1.54) is 0 Å². The van der Waals surface area contributed by atoms with Gasteiger partial charge < -0.3 is 14.6 Å². The third kappa shape index (κ3) is 3.14. The van der Waals surface area contributed by atoms with Gasteiger partial charge in [0, 0.05) is 10.6 Å². The number of benzene rings is 2. The van der Waals surface area contributed by atoms with E-state index in [0.29, 0.717) is 16.3 Å². The second-order valence-electron chi connectivity index (χ2n) is 4.97. The number of hydrogen-bond acceptors (Lipinski definition) is 3. The average molecular weight is 307 g/mol. The van der Waals surface area contributed by atoms with E-state index < -0.39 is 6.10 Å². The summed E-state index contributed by atoms with van der Waals surface area (Å²) in [6.45, 7) is 3.90. The fourth-order valence-electron chi connectivity index (χ4n) is 2.40. The number of rotatable bonds is 4. The first-order chi connectivity index (χ1) is 9.97. The minimum atomic E-state index is -0.776. The molecule has 0 spiro atoms. The highest BCUT2D eigenvalue weighted by molar-refractivity contribution is 6.30. The maximum Gasteiger partial charge on any atom is 0.126 e. The van der Waals surface area contributed by atoms with Crippen LogP contribution in [0.1, 0.15) is 28.4 Å². The summed E-state index contributed by atoms with van der Waals surface area (Å²) >= 11 is 5.96. The zero-order chi connectivity index (χ0) is 15.6. The monoisotopic (exact) mass is 306 g/mol. The Kier molecular flexibility index (Phi) is 4.76. The molecule has 21 heavy (non-hydrogen) atoms. The first kappa shape index (κ1) is 15.7. The lowest BCUT2D eigenvalue weighted by Crippen LogP contribution is -2.05. The van der Waals surface area contributed by atoms with Gasteiger partial charge in [0.2, 0.25) is 0 Å². The lowest BCUT2D eigenvalue weighted by molar-refractivity contribution is 0.214. The molecule has 0 amide bonds. The van der Waals surface area contributed by atoms with Crippen molar-refractivity contribution in [1.29, 1.82) is 0 Å². The van der Waals surface area contributed by atoms with Gasteiger partial charge >= 0.3 is 0 Å². The van der Waals surface area contributed by atoms with E-state index in [1.54, 1.807) is 32.4 Å². The Hall–Kier alpha value is -1.71.